The van der Waals surface area contributed by atoms with Crippen LogP contribution in [0.15, 0.2) is 42.9 Å². The molecule has 1 fully saturated rings. The Hall–Kier alpha value is -2.22. The van der Waals surface area contributed by atoms with Crippen LogP contribution in [0.25, 0.3) is 15.9 Å². The van der Waals surface area contributed by atoms with E-state index in [4.69, 9.17) is 0 Å². The first-order chi connectivity index (χ1) is 13.2. The number of pyridine rings is 1. The smallest absolute Gasteiger partial charge is 0.263 e. The number of rotatable bonds is 6. The van der Waals surface area contributed by atoms with Crippen molar-refractivity contribution in [3.63, 3.8) is 0 Å². The van der Waals surface area contributed by atoms with Gasteiger partial charge in [0.1, 0.15) is 9.71 Å². The van der Waals surface area contributed by atoms with E-state index in [0.29, 0.717) is 6.54 Å². The van der Waals surface area contributed by atoms with E-state index in [-0.39, 0.29) is 5.91 Å². The van der Waals surface area contributed by atoms with Crippen molar-refractivity contribution in [3.05, 3.63) is 47.7 Å². The summed E-state index contributed by atoms with van der Waals surface area (Å²) < 4.78 is 2.00. The molecule has 1 N–H and O–H groups in total. The molecule has 0 saturated carbocycles. The second-order valence-electron chi connectivity index (χ2n) is 6.98. The minimum absolute atomic E-state index is 0.0138. The van der Waals surface area contributed by atoms with Crippen molar-refractivity contribution in [2.45, 2.75) is 6.42 Å². The molecule has 3 aromatic rings. The van der Waals surface area contributed by atoms with Crippen molar-refractivity contribution >= 4 is 27.5 Å². The fourth-order valence-corrected chi connectivity index (χ4v) is 4.53. The summed E-state index contributed by atoms with van der Waals surface area (Å²) >= 11 is 1.46. The maximum atomic E-state index is 12.9. The van der Waals surface area contributed by atoms with Crippen LogP contribution in [0.5, 0.6) is 0 Å². The van der Waals surface area contributed by atoms with Crippen molar-refractivity contribution in [1.82, 2.24) is 24.7 Å². The number of aromatic nitrogens is 2. The number of carbonyl (C=O) groups excluding carboxylic acids is 1. The number of nitrogens with zero attached hydrogens (tertiary/aromatic N) is 4. The third kappa shape index (κ3) is 4.05. The van der Waals surface area contributed by atoms with E-state index in [1.807, 2.05) is 41.2 Å². The summed E-state index contributed by atoms with van der Waals surface area (Å²) in [6, 6.07) is 7.88. The molecule has 142 valence electrons. The molecule has 27 heavy (non-hydrogen) atoms. The van der Waals surface area contributed by atoms with Gasteiger partial charge in [0.2, 0.25) is 0 Å². The zero-order valence-corrected chi connectivity index (χ0v) is 16.4. The fourth-order valence-electron chi connectivity index (χ4n) is 3.47. The molecule has 1 aliphatic rings. The number of hydrogen-bond acceptors (Lipinski definition) is 5. The SMILES string of the molecule is CN1CCN(CCCNC(=O)c2sc3ncccc3c2-n2cccc2)CC1. The van der Waals surface area contributed by atoms with Gasteiger partial charge in [0, 0.05) is 56.7 Å². The van der Waals surface area contributed by atoms with Gasteiger partial charge in [-0.05, 0) is 44.3 Å². The summed E-state index contributed by atoms with van der Waals surface area (Å²) in [5.41, 5.74) is 0.921. The molecule has 0 unspecified atom stereocenters. The second kappa shape index (κ2) is 8.21. The largest absolute Gasteiger partial charge is 0.351 e. The number of carbonyl (C=O) groups is 1. The van der Waals surface area contributed by atoms with Gasteiger partial charge in [-0.25, -0.2) is 4.98 Å². The zero-order valence-electron chi connectivity index (χ0n) is 15.6. The molecule has 0 aromatic carbocycles. The van der Waals surface area contributed by atoms with Gasteiger partial charge in [0.15, 0.2) is 0 Å². The van der Waals surface area contributed by atoms with Crippen LogP contribution < -0.4 is 5.32 Å². The quantitative estimate of drug-likeness (QED) is 0.665. The lowest BCUT2D eigenvalue weighted by Crippen LogP contribution is -2.45. The van der Waals surface area contributed by atoms with Crippen LogP contribution in [0.2, 0.25) is 0 Å². The highest BCUT2D eigenvalue weighted by molar-refractivity contribution is 7.21. The van der Waals surface area contributed by atoms with E-state index in [2.05, 4.69) is 27.1 Å². The number of nitrogens with one attached hydrogen (secondary N) is 1. The Bertz CT molecular complexity index is 896. The molecule has 0 bridgehead atoms. The lowest BCUT2D eigenvalue weighted by Gasteiger charge is -2.32. The van der Waals surface area contributed by atoms with E-state index >= 15 is 0 Å². The summed E-state index contributed by atoms with van der Waals surface area (Å²) in [7, 11) is 2.17. The van der Waals surface area contributed by atoms with Crippen LogP contribution in [0.1, 0.15) is 16.1 Å². The first kappa shape index (κ1) is 18.2. The molecule has 0 atom stereocenters. The Balaban J connectivity index is 1.41. The molecule has 7 heteroatoms. The van der Waals surface area contributed by atoms with Crippen molar-refractivity contribution in [2.24, 2.45) is 0 Å². The van der Waals surface area contributed by atoms with E-state index in [1.54, 1.807) is 6.20 Å². The minimum Gasteiger partial charge on any atom is -0.351 e. The molecular weight excluding hydrogens is 358 g/mol. The van der Waals surface area contributed by atoms with E-state index in [1.165, 1.54) is 11.3 Å². The van der Waals surface area contributed by atoms with E-state index in [9.17, 15) is 4.79 Å². The molecule has 4 rings (SSSR count). The molecule has 0 aliphatic carbocycles. The highest BCUT2D eigenvalue weighted by Gasteiger charge is 2.20. The maximum absolute atomic E-state index is 12.9. The molecule has 0 spiro atoms. The number of likely N-dealkylation sites (N-methyl/N-ethyl adjacent to an activating group) is 1. The molecule has 1 amide bonds. The number of fused-ring (bicyclic) bond motifs is 1. The van der Waals surface area contributed by atoms with Crippen LogP contribution in [0.4, 0.5) is 0 Å². The van der Waals surface area contributed by atoms with Crippen LogP contribution in [0.3, 0.4) is 0 Å². The van der Waals surface area contributed by atoms with Gasteiger partial charge in [-0.2, -0.15) is 0 Å². The summed E-state index contributed by atoms with van der Waals surface area (Å²) in [4.78, 5) is 23.7. The molecule has 6 nitrogen and oxygen atoms in total. The van der Waals surface area contributed by atoms with Gasteiger partial charge in [0.05, 0.1) is 5.69 Å². The van der Waals surface area contributed by atoms with Crippen LogP contribution in [0, 0.1) is 0 Å². The summed E-state index contributed by atoms with van der Waals surface area (Å²) in [6.07, 6.45) is 6.69. The molecule has 4 heterocycles. The lowest BCUT2D eigenvalue weighted by atomic mass is 10.2. The van der Waals surface area contributed by atoms with Gasteiger partial charge < -0.3 is 19.7 Å². The first-order valence-corrected chi connectivity index (χ1v) is 10.2. The van der Waals surface area contributed by atoms with E-state index in [0.717, 1.165) is 59.9 Å². The normalized spacial score (nSPS) is 16.0. The molecule has 3 aromatic heterocycles. The third-order valence-electron chi connectivity index (χ3n) is 5.04. The van der Waals surface area contributed by atoms with Crippen molar-refractivity contribution < 1.29 is 4.79 Å². The Kier molecular flexibility index (Phi) is 5.52. The number of amides is 1. The van der Waals surface area contributed by atoms with Crippen LogP contribution >= 0.6 is 11.3 Å². The standard InChI is InChI=1S/C20H25N5OS/c1-23-12-14-24(15-13-23)9-5-8-21-19(26)18-17(25-10-2-3-11-25)16-6-4-7-22-20(16)27-18/h2-4,6-7,10-11H,5,8-9,12-15H2,1H3,(H,21,26). The Morgan fingerprint density at radius 1 is 1.19 bits per heavy atom. The Morgan fingerprint density at radius 2 is 1.96 bits per heavy atom. The van der Waals surface area contributed by atoms with Crippen molar-refractivity contribution in [1.29, 1.82) is 0 Å². The van der Waals surface area contributed by atoms with Gasteiger partial charge >= 0.3 is 0 Å². The average molecular weight is 384 g/mol. The number of thiophene rings is 1. The zero-order chi connectivity index (χ0) is 18.6. The van der Waals surface area contributed by atoms with Gasteiger partial charge in [-0.1, -0.05) is 0 Å². The monoisotopic (exact) mass is 383 g/mol. The summed E-state index contributed by atoms with van der Waals surface area (Å²) in [5.74, 6) is -0.0138. The van der Waals surface area contributed by atoms with Gasteiger partial charge in [-0.15, -0.1) is 11.3 Å². The average Bonchev–Trinajstić information content (AvgIpc) is 3.33. The van der Waals surface area contributed by atoms with Crippen molar-refractivity contribution in [2.75, 3.05) is 46.3 Å². The highest BCUT2D eigenvalue weighted by atomic mass is 32.1. The Morgan fingerprint density at radius 3 is 2.74 bits per heavy atom. The van der Waals surface area contributed by atoms with Gasteiger partial charge in [0.25, 0.3) is 5.91 Å². The lowest BCUT2D eigenvalue weighted by molar-refractivity contribution is 0.0953. The first-order valence-electron chi connectivity index (χ1n) is 9.42. The number of hydrogen-bond donors (Lipinski definition) is 1. The van der Waals surface area contributed by atoms with E-state index < -0.39 is 0 Å². The molecule has 1 saturated heterocycles. The molecule has 1 aliphatic heterocycles. The topological polar surface area (TPSA) is 53.4 Å². The maximum Gasteiger partial charge on any atom is 0.263 e. The summed E-state index contributed by atoms with van der Waals surface area (Å²) in [5, 5.41) is 4.12. The summed E-state index contributed by atoms with van der Waals surface area (Å²) in [6.45, 7) is 6.21. The van der Waals surface area contributed by atoms with Crippen LogP contribution in [-0.4, -0.2) is 71.6 Å². The molecular formula is C20H25N5OS. The number of piperazine rings is 1. The van der Waals surface area contributed by atoms with Crippen molar-refractivity contribution in [3.8, 4) is 5.69 Å². The fraction of sp³-hybridized carbons (Fsp3) is 0.400. The third-order valence-corrected chi connectivity index (χ3v) is 6.14. The Labute approximate surface area is 163 Å². The predicted molar refractivity (Wildman–Crippen MR) is 110 cm³/mol. The van der Waals surface area contributed by atoms with Gasteiger partial charge in [-0.3, -0.25) is 4.79 Å². The molecule has 0 radical (unpaired) electrons. The predicted octanol–water partition coefficient (Wildman–Crippen LogP) is 2.45. The second-order valence-corrected chi connectivity index (χ2v) is 7.98. The highest BCUT2D eigenvalue weighted by Crippen LogP contribution is 2.32. The van der Waals surface area contributed by atoms with Crippen LogP contribution in [-0.2, 0) is 0 Å². The minimum atomic E-state index is -0.0138.